The minimum Gasteiger partial charge on any atom is -0.384 e. The number of nitriles is 1. The Morgan fingerprint density at radius 3 is 2.74 bits per heavy atom. The quantitative estimate of drug-likeness (QED) is 0.570. The molecule has 0 bridgehead atoms. The Morgan fingerprint density at radius 2 is 2.00 bits per heavy atom. The molecule has 9 nitrogen and oxygen atoms in total. The minimum absolute atomic E-state index is 0.210. The zero-order valence-electron chi connectivity index (χ0n) is 19.5. The van der Waals surface area contributed by atoms with Crippen molar-refractivity contribution in [3.8, 4) is 6.07 Å². The highest BCUT2D eigenvalue weighted by molar-refractivity contribution is 6.15. The smallest absolute Gasteiger partial charge is 0.277 e. The van der Waals surface area contributed by atoms with E-state index in [4.69, 9.17) is 10.00 Å². The van der Waals surface area contributed by atoms with E-state index in [0.717, 1.165) is 31.9 Å². The van der Waals surface area contributed by atoms with Crippen LogP contribution in [0.1, 0.15) is 32.0 Å². The molecule has 0 atom stereocenters. The van der Waals surface area contributed by atoms with Gasteiger partial charge in [-0.25, -0.2) is 0 Å². The summed E-state index contributed by atoms with van der Waals surface area (Å²) >= 11 is 0. The van der Waals surface area contributed by atoms with Gasteiger partial charge >= 0.3 is 0 Å². The first-order valence-electron chi connectivity index (χ1n) is 11.5. The second-order valence-electron chi connectivity index (χ2n) is 8.92. The SMILES string of the molecule is COCC1CN(Cc2ccc(N3CCn4ncc(C(=O)Nc5cccc(C#N)c5)c4C3=O)cc2)C1. The number of aromatic nitrogens is 2. The zero-order chi connectivity index (χ0) is 24.4. The average molecular weight is 471 g/mol. The molecule has 0 aliphatic carbocycles. The highest BCUT2D eigenvalue weighted by Crippen LogP contribution is 2.25. The second-order valence-corrected chi connectivity index (χ2v) is 8.92. The first-order valence-corrected chi connectivity index (χ1v) is 11.5. The number of methoxy groups -OCH3 is 1. The van der Waals surface area contributed by atoms with Crippen molar-refractivity contribution in [1.29, 1.82) is 5.26 Å². The number of anilines is 2. The van der Waals surface area contributed by atoms with E-state index >= 15 is 0 Å². The lowest BCUT2D eigenvalue weighted by atomic mass is 10.0. The fourth-order valence-corrected chi connectivity index (χ4v) is 4.67. The van der Waals surface area contributed by atoms with E-state index in [0.29, 0.717) is 30.3 Å². The fraction of sp³-hybridized carbons (Fsp3) is 0.308. The third-order valence-electron chi connectivity index (χ3n) is 6.41. The predicted octanol–water partition coefficient (Wildman–Crippen LogP) is 2.75. The van der Waals surface area contributed by atoms with Gasteiger partial charge in [0.05, 0.1) is 36.5 Å². The monoisotopic (exact) mass is 470 g/mol. The van der Waals surface area contributed by atoms with Crippen LogP contribution in [0.3, 0.4) is 0 Å². The van der Waals surface area contributed by atoms with Crippen LogP contribution in [0, 0.1) is 17.2 Å². The lowest BCUT2D eigenvalue weighted by Crippen LogP contribution is -2.47. The number of rotatable bonds is 7. The van der Waals surface area contributed by atoms with Crippen LogP contribution in [-0.2, 0) is 17.8 Å². The van der Waals surface area contributed by atoms with E-state index in [1.165, 1.54) is 11.8 Å². The molecular formula is C26H26N6O3. The molecule has 1 saturated heterocycles. The average Bonchev–Trinajstić information content (AvgIpc) is 3.29. The number of likely N-dealkylation sites (tertiary alicyclic amines) is 1. The molecule has 2 aliphatic heterocycles. The Hall–Kier alpha value is -4.00. The molecule has 1 aromatic heterocycles. The van der Waals surface area contributed by atoms with E-state index in [9.17, 15) is 9.59 Å². The predicted molar refractivity (Wildman–Crippen MR) is 130 cm³/mol. The number of hydrogen-bond donors (Lipinski definition) is 1. The van der Waals surface area contributed by atoms with E-state index in [1.54, 1.807) is 41.0 Å². The van der Waals surface area contributed by atoms with E-state index < -0.39 is 5.91 Å². The molecule has 3 aromatic rings. The molecule has 3 heterocycles. The highest BCUT2D eigenvalue weighted by Gasteiger charge is 2.32. The first-order chi connectivity index (χ1) is 17.1. The van der Waals surface area contributed by atoms with Crippen LogP contribution >= 0.6 is 0 Å². The van der Waals surface area contributed by atoms with Gasteiger partial charge in [-0.2, -0.15) is 10.4 Å². The molecule has 0 unspecified atom stereocenters. The van der Waals surface area contributed by atoms with Crippen LogP contribution in [0.2, 0.25) is 0 Å². The van der Waals surface area contributed by atoms with Gasteiger partial charge in [-0.15, -0.1) is 0 Å². The highest BCUT2D eigenvalue weighted by atomic mass is 16.5. The van der Waals surface area contributed by atoms with Crippen molar-refractivity contribution >= 4 is 23.2 Å². The van der Waals surface area contributed by atoms with Crippen LogP contribution in [-0.4, -0.2) is 59.8 Å². The molecule has 9 heteroatoms. The lowest BCUT2D eigenvalue weighted by Gasteiger charge is -2.39. The number of carbonyl (C=O) groups excluding carboxylic acids is 2. The number of hydrogen-bond acceptors (Lipinski definition) is 6. The summed E-state index contributed by atoms with van der Waals surface area (Å²) in [5.41, 5.74) is 3.38. The number of nitrogens with zero attached hydrogens (tertiary/aromatic N) is 5. The summed E-state index contributed by atoms with van der Waals surface area (Å²) in [6.07, 6.45) is 1.42. The van der Waals surface area contributed by atoms with Crippen LogP contribution < -0.4 is 10.2 Å². The molecule has 35 heavy (non-hydrogen) atoms. The molecule has 1 N–H and O–H groups in total. The summed E-state index contributed by atoms with van der Waals surface area (Å²) in [4.78, 5) is 30.4. The van der Waals surface area contributed by atoms with Crippen LogP contribution in [0.5, 0.6) is 0 Å². The molecular weight excluding hydrogens is 444 g/mol. The topological polar surface area (TPSA) is 103 Å². The van der Waals surface area contributed by atoms with Gasteiger partial charge < -0.3 is 15.0 Å². The van der Waals surface area contributed by atoms with Crippen LogP contribution in [0.15, 0.2) is 54.7 Å². The molecule has 178 valence electrons. The van der Waals surface area contributed by atoms with Gasteiger partial charge in [-0.3, -0.25) is 19.2 Å². The van der Waals surface area contributed by atoms with Gasteiger partial charge in [0.25, 0.3) is 11.8 Å². The van der Waals surface area contributed by atoms with Crippen LogP contribution in [0.25, 0.3) is 0 Å². The van der Waals surface area contributed by atoms with E-state index in [-0.39, 0.29) is 17.2 Å². The summed E-state index contributed by atoms with van der Waals surface area (Å²) in [5.74, 6) is -0.0902. The first kappa shape index (κ1) is 22.8. The van der Waals surface area contributed by atoms with Gasteiger partial charge in [0, 0.05) is 50.6 Å². The van der Waals surface area contributed by atoms with Crippen molar-refractivity contribution < 1.29 is 14.3 Å². The maximum absolute atomic E-state index is 13.4. The van der Waals surface area contributed by atoms with Gasteiger partial charge in [0.2, 0.25) is 0 Å². The molecule has 2 aromatic carbocycles. The number of amides is 2. The Balaban J connectivity index is 1.28. The maximum atomic E-state index is 13.4. The summed E-state index contributed by atoms with van der Waals surface area (Å²) in [6, 6.07) is 16.7. The molecule has 0 radical (unpaired) electrons. The number of ether oxygens (including phenoxy) is 1. The normalized spacial score (nSPS) is 15.9. The van der Waals surface area contributed by atoms with Crippen molar-refractivity contribution in [2.24, 2.45) is 5.92 Å². The molecule has 2 aliphatic rings. The van der Waals surface area contributed by atoms with Crippen molar-refractivity contribution in [3.05, 3.63) is 77.1 Å². The van der Waals surface area contributed by atoms with Gasteiger partial charge in [0.1, 0.15) is 5.69 Å². The Kier molecular flexibility index (Phi) is 6.31. The fourth-order valence-electron chi connectivity index (χ4n) is 4.67. The number of fused-ring (bicyclic) bond motifs is 1. The summed E-state index contributed by atoms with van der Waals surface area (Å²) in [5, 5.41) is 16.1. The summed E-state index contributed by atoms with van der Waals surface area (Å²) < 4.78 is 6.79. The molecule has 1 fully saturated rings. The number of nitrogens with one attached hydrogen (secondary N) is 1. The van der Waals surface area contributed by atoms with Crippen molar-refractivity contribution in [3.63, 3.8) is 0 Å². The van der Waals surface area contributed by atoms with Crippen molar-refractivity contribution in [1.82, 2.24) is 14.7 Å². The molecule has 5 rings (SSSR count). The van der Waals surface area contributed by atoms with Gasteiger partial charge in [-0.1, -0.05) is 18.2 Å². The Labute approximate surface area is 203 Å². The van der Waals surface area contributed by atoms with Gasteiger partial charge in [0.15, 0.2) is 0 Å². The third-order valence-corrected chi connectivity index (χ3v) is 6.41. The standard InChI is InChI=1S/C26H26N6O3/c1-35-17-20-15-30(16-20)14-18-5-7-22(8-6-18)31-9-10-32-24(26(31)34)23(13-28-32)25(33)29-21-4-2-3-19(11-21)12-27/h2-8,11,13,20H,9-10,14-17H2,1H3,(H,29,33). The molecule has 0 spiro atoms. The minimum atomic E-state index is -0.437. The van der Waals surface area contributed by atoms with Crippen molar-refractivity contribution in [2.75, 3.05) is 43.6 Å². The Morgan fingerprint density at radius 1 is 1.20 bits per heavy atom. The second kappa shape index (κ2) is 9.70. The van der Waals surface area contributed by atoms with Gasteiger partial charge in [-0.05, 0) is 35.9 Å². The number of benzene rings is 2. The van der Waals surface area contributed by atoms with E-state index in [2.05, 4.69) is 15.3 Å². The summed E-state index contributed by atoms with van der Waals surface area (Å²) in [6.45, 7) is 4.72. The summed E-state index contributed by atoms with van der Waals surface area (Å²) in [7, 11) is 1.74. The third kappa shape index (κ3) is 4.67. The number of carbonyl (C=O) groups is 2. The Bertz CT molecular complexity index is 1290. The van der Waals surface area contributed by atoms with Crippen molar-refractivity contribution in [2.45, 2.75) is 13.1 Å². The van der Waals surface area contributed by atoms with E-state index in [1.807, 2.05) is 30.3 Å². The largest absolute Gasteiger partial charge is 0.384 e. The molecule has 0 saturated carbocycles. The van der Waals surface area contributed by atoms with Crippen LogP contribution in [0.4, 0.5) is 11.4 Å². The molecule has 2 amide bonds. The zero-order valence-corrected chi connectivity index (χ0v) is 19.5. The maximum Gasteiger partial charge on any atom is 0.277 e. The lowest BCUT2D eigenvalue weighted by molar-refractivity contribution is 0.0293.